The molecule has 0 atom stereocenters. The summed E-state index contributed by atoms with van der Waals surface area (Å²) < 4.78 is 39.8. The lowest BCUT2D eigenvalue weighted by Crippen LogP contribution is -2.40. The van der Waals surface area contributed by atoms with Crippen LogP contribution in [0.5, 0.6) is 0 Å². The molecular weight excluding hydrogens is 281 g/mol. The number of piperidine rings is 1. The van der Waals surface area contributed by atoms with Crippen LogP contribution in [0.25, 0.3) is 0 Å². The Bertz CT molecular complexity index is 632. The highest BCUT2D eigenvalue weighted by molar-refractivity contribution is 7.89. The van der Waals surface area contributed by atoms with Crippen LogP contribution in [0.1, 0.15) is 18.4 Å². The maximum atomic E-state index is 13.5. The Balaban J connectivity index is 2.33. The molecule has 2 N–H and O–H groups in total. The number of nitrogens with two attached hydrogens (primary N) is 1. The fourth-order valence-corrected chi connectivity index (χ4v) is 3.97. The molecule has 0 spiro atoms. The fourth-order valence-electron chi connectivity index (χ4n) is 2.35. The second-order valence-electron chi connectivity index (χ2n) is 4.81. The summed E-state index contributed by atoms with van der Waals surface area (Å²) >= 11 is 0. The molecule has 1 fully saturated rings. The first-order chi connectivity index (χ1) is 9.50. The van der Waals surface area contributed by atoms with E-state index in [4.69, 9.17) is 11.0 Å². The number of rotatable bonds is 3. The third-order valence-corrected chi connectivity index (χ3v) is 5.55. The monoisotopic (exact) mass is 297 g/mol. The average molecular weight is 297 g/mol. The molecule has 1 saturated heterocycles. The highest BCUT2D eigenvalue weighted by Crippen LogP contribution is 2.26. The first kappa shape index (κ1) is 14.9. The molecule has 2 rings (SSSR count). The first-order valence-electron chi connectivity index (χ1n) is 6.39. The predicted octanol–water partition coefficient (Wildman–Crippen LogP) is 1.06. The Morgan fingerprint density at radius 1 is 1.40 bits per heavy atom. The van der Waals surface area contributed by atoms with Crippen molar-refractivity contribution in [3.05, 3.63) is 29.6 Å². The molecule has 1 aromatic carbocycles. The topological polar surface area (TPSA) is 87.2 Å². The van der Waals surface area contributed by atoms with Crippen LogP contribution in [0.2, 0.25) is 0 Å². The Kier molecular flexibility index (Phi) is 4.38. The van der Waals surface area contributed by atoms with Crippen LogP contribution < -0.4 is 5.73 Å². The molecule has 0 aromatic heterocycles. The fraction of sp³-hybridized carbons (Fsp3) is 0.462. The van der Waals surface area contributed by atoms with Crippen molar-refractivity contribution < 1.29 is 12.8 Å². The third kappa shape index (κ3) is 2.68. The van der Waals surface area contributed by atoms with E-state index in [2.05, 4.69) is 0 Å². The van der Waals surface area contributed by atoms with Crippen molar-refractivity contribution in [3.63, 3.8) is 0 Å². The van der Waals surface area contributed by atoms with Crippen LogP contribution >= 0.6 is 0 Å². The van der Waals surface area contributed by atoms with E-state index in [9.17, 15) is 12.8 Å². The van der Waals surface area contributed by atoms with E-state index in [1.54, 1.807) is 6.07 Å². The number of nitrogens with zero attached hydrogens (tertiary/aromatic N) is 2. The summed E-state index contributed by atoms with van der Waals surface area (Å²) in [7, 11) is -3.83. The second-order valence-corrected chi connectivity index (χ2v) is 6.71. The van der Waals surface area contributed by atoms with E-state index in [1.807, 2.05) is 0 Å². The molecule has 108 valence electrons. The van der Waals surface area contributed by atoms with Crippen LogP contribution in [0.4, 0.5) is 4.39 Å². The zero-order chi connectivity index (χ0) is 14.8. The molecule has 0 amide bonds. The molecule has 0 saturated carbocycles. The summed E-state index contributed by atoms with van der Waals surface area (Å²) in [5, 5.41) is 8.95. The van der Waals surface area contributed by atoms with Crippen molar-refractivity contribution in [2.24, 2.45) is 11.7 Å². The van der Waals surface area contributed by atoms with E-state index < -0.39 is 21.4 Å². The summed E-state index contributed by atoms with van der Waals surface area (Å²) in [6, 6.07) is 5.28. The molecule has 5 nitrogen and oxygen atoms in total. The zero-order valence-electron chi connectivity index (χ0n) is 10.9. The highest BCUT2D eigenvalue weighted by atomic mass is 32.2. The molecule has 0 radical (unpaired) electrons. The van der Waals surface area contributed by atoms with Crippen molar-refractivity contribution in [3.8, 4) is 6.07 Å². The molecule has 1 aliphatic heterocycles. The normalized spacial score (nSPS) is 17.9. The molecule has 0 unspecified atom stereocenters. The summed E-state index contributed by atoms with van der Waals surface area (Å²) in [5.41, 5.74) is 5.15. The minimum Gasteiger partial charge on any atom is -0.330 e. The van der Waals surface area contributed by atoms with Gasteiger partial charge in [-0.05, 0) is 37.4 Å². The lowest BCUT2D eigenvalue weighted by atomic mass is 9.99. The van der Waals surface area contributed by atoms with Crippen molar-refractivity contribution in [2.45, 2.75) is 17.7 Å². The highest BCUT2D eigenvalue weighted by Gasteiger charge is 2.31. The van der Waals surface area contributed by atoms with Gasteiger partial charge in [0.1, 0.15) is 22.3 Å². The van der Waals surface area contributed by atoms with Gasteiger partial charge in [-0.2, -0.15) is 9.57 Å². The zero-order valence-corrected chi connectivity index (χ0v) is 11.7. The molecule has 1 aromatic rings. The predicted molar refractivity (Wildman–Crippen MR) is 71.7 cm³/mol. The van der Waals surface area contributed by atoms with Gasteiger partial charge in [-0.25, -0.2) is 12.8 Å². The van der Waals surface area contributed by atoms with Crippen LogP contribution in [-0.2, 0) is 10.0 Å². The van der Waals surface area contributed by atoms with Gasteiger partial charge in [0.2, 0.25) is 10.0 Å². The number of nitriles is 1. The summed E-state index contributed by atoms with van der Waals surface area (Å²) in [6.45, 7) is 1.24. The number of sulfonamides is 1. The average Bonchev–Trinajstić information content (AvgIpc) is 2.47. The number of hydrogen-bond donors (Lipinski definition) is 1. The van der Waals surface area contributed by atoms with E-state index in [1.165, 1.54) is 16.4 Å². The van der Waals surface area contributed by atoms with Crippen LogP contribution in [0, 0.1) is 23.1 Å². The SMILES string of the molecule is N#Cc1c(F)cccc1S(=O)(=O)N1CCC(CN)CC1. The summed E-state index contributed by atoms with van der Waals surface area (Å²) in [5.74, 6) is -0.491. The van der Waals surface area contributed by atoms with Crippen LogP contribution in [-0.4, -0.2) is 32.4 Å². The minimum atomic E-state index is -3.83. The van der Waals surface area contributed by atoms with E-state index >= 15 is 0 Å². The molecule has 0 aliphatic carbocycles. The van der Waals surface area contributed by atoms with E-state index in [0.717, 1.165) is 6.07 Å². The maximum absolute atomic E-state index is 13.5. The number of halogens is 1. The summed E-state index contributed by atoms with van der Waals surface area (Å²) in [4.78, 5) is -0.258. The number of hydrogen-bond acceptors (Lipinski definition) is 4. The number of benzene rings is 1. The van der Waals surface area contributed by atoms with Crippen LogP contribution in [0.3, 0.4) is 0 Å². The maximum Gasteiger partial charge on any atom is 0.244 e. The van der Waals surface area contributed by atoms with Gasteiger partial charge in [-0.3, -0.25) is 0 Å². The molecular formula is C13H16FN3O2S. The lowest BCUT2D eigenvalue weighted by Gasteiger charge is -2.30. The minimum absolute atomic E-state index is 0.258. The Labute approximate surface area is 117 Å². The van der Waals surface area contributed by atoms with Gasteiger partial charge >= 0.3 is 0 Å². The smallest absolute Gasteiger partial charge is 0.244 e. The van der Waals surface area contributed by atoms with Crippen molar-refractivity contribution in [1.29, 1.82) is 5.26 Å². The largest absolute Gasteiger partial charge is 0.330 e. The summed E-state index contributed by atoms with van der Waals surface area (Å²) in [6.07, 6.45) is 1.37. The molecule has 1 aliphatic rings. The Morgan fingerprint density at radius 3 is 2.60 bits per heavy atom. The standard InChI is InChI=1S/C13H16FN3O2S/c14-12-2-1-3-13(11(12)9-16)20(18,19)17-6-4-10(8-15)5-7-17/h1-3,10H,4-8,15H2. The van der Waals surface area contributed by atoms with Gasteiger partial charge in [0.25, 0.3) is 0 Å². The van der Waals surface area contributed by atoms with Gasteiger partial charge in [-0.15, -0.1) is 0 Å². The molecule has 20 heavy (non-hydrogen) atoms. The van der Waals surface area contributed by atoms with Crippen molar-refractivity contribution in [2.75, 3.05) is 19.6 Å². The quantitative estimate of drug-likeness (QED) is 0.903. The second kappa shape index (κ2) is 5.87. The first-order valence-corrected chi connectivity index (χ1v) is 7.83. The molecule has 1 heterocycles. The van der Waals surface area contributed by atoms with Gasteiger partial charge < -0.3 is 5.73 Å². The van der Waals surface area contributed by atoms with Crippen LogP contribution in [0.15, 0.2) is 23.1 Å². The molecule has 0 bridgehead atoms. The Morgan fingerprint density at radius 2 is 2.05 bits per heavy atom. The Hall–Kier alpha value is -1.49. The van der Waals surface area contributed by atoms with Gasteiger partial charge in [-0.1, -0.05) is 6.07 Å². The van der Waals surface area contributed by atoms with Crippen molar-refractivity contribution in [1.82, 2.24) is 4.31 Å². The van der Waals surface area contributed by atoms with E-state index in [-0.39, 0.29) is 4.90 Å². The van der Waals surface area contributed by atoms with Crippen molar-refractivity contribution >= 4 is 10.0 Å². The van der Waals surface area contributed by atoms with E-state index in [0.29, 0.717) is 38.4 Å². The third-order valence-electron chi connectivity index (χ3n) is 3.61. The lowest BCUT2D eigenvalue weighted by molar-refractivity contribution is 0.278. The van der Waals surface area contributed by atoms with Gasteiger partial charge in [0.05, 0.1) is 0 Å². The molecule has 7 heteroatoms. The van der Waals surface area contributed by atoms with Gasteiger partial charge in [0, 0.05) is 13.1 Å². The van der Waals surface area contributed by atoms with Gasteiger partial charge in [0.15, 0.2) is 0 Å².